The van der Waals surface area contributed by atoms with Crippen molar-refractivity contribution < 1.29 is 26.9 Å². The summed E-state index contributed by atoms with van der Waals surface area (Å²) in [4.78, 5) is 12.8. The smallest absolute Gasteiger partial charge is 0.338 e. The maximum absolute atomic E-state index is 12.8. The molecule has 164 valence electrons. The van der Waals surface area contributed by atoms with Crippen molar-refractivity contribution in [1.29, 1.82) is 0 Å². The van der Waals surface area contributed by atoms with Gasteiger partial charge in [0.25, 0.3) is 10.1 Å². The average molecular weight is 436 g/mol. The number of esters is 1. The Morgan fingerprint density at radius 1 is 1.03 bits per heavy atom. The van der Waals surface area contributed by atoms with E-state index in [2.05, 4.69) is 0 Å². The van der Waals surface area contributed by atoms with Crippen LogP contribution in [0.5, 0.6) is 0 Å². The summed E-state index contributed by atoms with van der Waals surface area (Å²) in [7, 11) is -4.16. The Bertz CT molecular complexity index is 920. The van der Waals surface area contributed by atoms with Gasteiger partial charge >= 0.3 is 5.97 Å². The molecule has 0 amide bonds. The SMILES string of the molecule is Cc1ccc(S(=O)(=O)OC(CN)C(OC(C)(C)C)C(=O)OCc2ccccc2)cc1. The molecule has 0 radical (unpaired) electrons. The van der Waals surface area contributed by atoms with Crippen molar-refractivity contribution in [3.8, 4) is 0 Å². The number of rotatable bonds is 9. The van der Waals surface area contributed by atoms with Crippen molar-refractivity contribution in [2.75, 3.05) is 6.54 Å². The van der Waals surface area contributed by atoms with Crippen molar-refractivity contribution >= 4 is 16.1 Å². The molecule has 2 rings (SSSR count). The van der Waals surface area contributed by atoms with Gasteiger partial charge in [-0.25, -0.2) is 4.79 Å². The first-order valence-electron chi connectivity index (χ1n) is 9.60. The zero-order valence-electron chi connectivity index (χ0n) is 17.7. The van der Waals surface area contributed by atoms with Crippen LogP contribution in [0.1, 0.15) is 31.9 Å². The van der Waals surface area contributed by atoms with E-state index in [1.165, 1.54) is 12.1 Å². The van der Waals surface area contributed by atoms with Gasteiger partial charge in [0.15, 0.2) is 6.10 Å². The van der Waals surface area contributed by atoms with Gasteiger partial charge in [-0.2, -0.15) is 8.42 Å². The van der Waals surface area contributed by atoms with E-state index in [1.807, 2.05) is 37.3 Å². The van der Waals surface area contributed by atoms with Crippen LogP contribution in [-0.2, 0) is 35.2 Å². The van der Waals surface area contributed by atoms with Crippen molar-refractivity contribution in [2.24, 2.45) is 5.73 Å². The van der Waals surface area contributed by atoms with Gasteiger partial charge in [0, 0.05) is 6.54 Å². The first-order valence-corrected chi connectivity index (χ1v) is 11.0. The Kier molecular flexibility index (Phi) is 8.14. The highest BCUT2D eigenvalue weighted by molar-refractivity contribution is 7.86. The molecule has 0 bridgehead atoms. The molecule has 2 aromatic rings. The summed E-state index contributed by atoms with van der Waals surface area (Å²) in [5.41, 5.74) is 6.70. The van der Waals surface area contributed by atoms with Crippen molar-refractivity contribution in [3.05, 3.63) is 65.7 Å². The Labute approximate surface area is 178 Å². The zero-order chi connectivity index (χ0) is 22.4. The predicted octanol–water partition coefficient (Wildman–Crippen LogP) is 2.95. The number of nitrogens with two attached hydrogens (primary N) is 1. The number of benzene rings is 2. The maximum Gasteiger partial charge on any atom is 0.338 e. The Morgan fingerprint density at radius 3 is 2.17 bits per heavy atom. The van der Waals surface area contributed by atoms with Crippen LogP contribution in [0.3, 0.4) is 0 Å². The lowest BCUT2D eigenvalue weighted by Gasteiger charge is -2.30. The van der Waals surface area contributed by atoms with Crippen LogP contribution in [0.25, 0.3) is 0 Å². The van der Waals surface area contributed by atoms with E-state index in [0.717, 1.165) is 11.1 Å². The molecule has 0 saturated heterocycles. The molecule has 0 aliphatic carbocycles. The summed E-state index contributed by atoms with van der Waals surface area (Å²) in [5.74, 6) is -0.747. The molecule has 7 nitrogen and oxygen atoms in total. The second-order valence-corrected chi connectivity index (χ2v) is 9.45. The number of ether oxygens (including phenoxy) is 2. The average Bonchev–Trinajstić information content (AvgIpc) is 2.69. The van der Waals surface area contributed by atoms with E-state index in [1.54, 1.807) is 32.9 Å². The third-order valence-corrected chi connectivity index (χ3v) is 5.42. The van der Waals surface area contributed by atoms with Gasteiger partial charge in [0.1, 0.15) is 12.7 Å². The molecule has 2 atom stereocenters. The van der Waals surface area contributed by atoms with Crippen molar-refractivity contribution in [1.82, 2.24) is 0 Å². The molecule has 2 N–H and O–H groups in total. The molecular formula is C22H29NO6S. The molecule has 0 spiro atoms. The standard InChI is InChI=1S/C22H29NO6S/c1-16-10-12-18(13-11-16)30(25,26)29-19(14-23)20(28-22(2,3)4)21(24)27-15-17-8-6-5-7-9-17/h5-13,19-20H,14-15,23H2,1-4H3. The van der Waals surface area contributed by atoms with Crippen LogP contribution in [0.15, 0.2) is 59.5 Å². The van der Waals surface area contributed by atoms with Crippen LogP contribution in [0, 0.1) is 6.92 Å². The minimum atomic E-state index is -4.16. The summed E-state index contributed by atoms with van der Waals surface area (Å²) in [6, 6.07) is 15.3. The Hall–Kier alpha value is -2.26. The van der Waals surface area contributed by atoms with Gasteiger partial charge in [0.05, 0.1) is 10.5 Å². The van der Waals surface area contributed by atoms with E-state index >= 15 is 0 Å². The summed E-state index contributed by atoms with van der Waals surface area (Å²) >= 11 is 0. The van der Waals surface area contributed by atoms with E-state index in [0.29, 0.717) is 0 Å². The lowest BCUT2D eigenvalue weighted by atomic mass is 10.1. The van der Waals surface area contributed by atoms with Gasteiger partial charge in [-0.15, -0.1) is 0 Å². The molecular weight excluding hydrogens is 406 g/mol. The lowest BCUT2D eigenvalue weighted by Crippen LogP contribution is -2.48. The number of aryl methyl sites for hydroxylation is 1. The van der Waals surface area contributed by atoms with Crippen molar-refractivity contribution in [3.63, 3.8) is 0 Å². The predicted molar refractivity (Wildman–Crippen MR) is 113 cm³/mol. The Morgan fingerprint density at radius 2 is 1.63 bits per heavy atom. The van der Waals surface area contributed by atoms with Crippen molar-refractivity contribution in [2.45, 2.75) is 57.0 Å². The van der Waals surface area contributed by atoms with Crippen LogP contribution in [0.2, 0.25) is 0 Å². The van der Waals surface area contributed by atoms with Crippen LogP contribution in [0.4, 0.5) is 0 Å². The molecule has 2 aromatic carbocycles. The quantitative estimate of drug-likeness (QED) is 0.477. The van der Waals surface area contributed by atoms with Gasteiger partial charge in [-0.3, -0.25) is 4.18 Å². The highest BCUT2D eigenvalue weighted by Gasteiger charge is 2.37. The van der Waals surface area contributed by atoms with Crippen LogP contribution >= 0.6 is 0 Å². The molecule has 0 aliphatic heterocycles. The zero-order valence-corrected chi connectivity index (χ0v) is 18.5. The molecule has 8 heteroatoms. The van der Waals surface area contributed by atoms with Gasteiger partial charge in [-0.05, 0) is 45.4 Å². The van der Waals surface area contributed by atoms with E-state index in [4.69, 9.17) is 19.4 Å². The fourth-order valence-corrected chi connectivity index (χ4v) is 3.69. The van der Waals surface area contributed by atoms with E-state index < -0.39 is 33.9 Å². The van der Waals surface area contributed by atoms with E-state index in [-0.39, 0.29) is 18.0 Å². The van der Waals surface area contributed by atoms with Crippen LogP contribution in [-0.4, -0.2) is 38.7 Å². The summed E-state index contributed by atoms with van der Waals surface area (Å²) in [6.07, 6.45) is -2.57. The monoisotopic (exact) mass is 435 g/mol. The summed E-state index contributed by atoms with van der Waals surface area (Å²) in [5, 5.41) is 0. The molecule has 2 unspecified atom stereocenters. The minimum Gasteiger partial charge on any atom is -0.459 e. The van der Waals surface area contributed by atoms with Gasteiger partial charge in [0.2, 0.25) is 0 Å². The van der Waals surface area contributed by atoms with E-state index in [9.17, 15) is 13.2 Å². The number of hydrogen-bond donors (Lipinski definition) is 1. The van der Waals surface area contributed by atoms with Crippen LogP contribution < -0.4 is 5.73 Å². The molecule has 0 aromatic heterocycles. The number of carbonyl (C=O) groups excluding carboxylic acids is 1. The summed E-state index contributed by atoms with van der Waals surface area (Å²) < 4.78 is 41.9. The minimum absolute atomic E-state index is 0.0195. The second-order valence-electron chi connectivity index (χ2n) is 7.88. The topological polar surface area (TPSA) is 105 Å². The third-order valence-electron chi connectivity index (χ3n) is 4.07. The molecule has 0 heterocycles. The Balaban J connectivity index is 2.21. The molecule has 30 heavy (non-hydrogen) atoms. The van der Waals surface area contributed by atoms with Gasteiger partial charge in [-0.1, -0.05) is 48.0 Å². The van der Waals surface area contributed by atoms with Gasteiger partial charge < -0.3 is 15.2 Å². The lowest BCUT2D eigenvalue weighted by molar-refractivity contribution is -0.176. The number of hydrogen-bond acceptors (Lipinski definition) is 7. The first kappa shape index (κ1) is 24.0. The molecule has 0 fully saturated rings. The normalized spacial score (nSPS) is 14.2. The summed E-state index contributed by atoms with van der Waals surface area (Å²) in [6.45, 7) is 6.83. The number of carbonyl (C=O) groups is 1. The first-order chi connectivity index (χ1) is 14.0. The molecule has 0 aliphatic rings. The largest absolute Gasteiger partial charge is 0.459 e. The maximum atomic E-state index is 12.8. The molecule has 0 saturated carbocycles. The highest BCUT2D eigenvalue weighted by Crippen LogP contribution is 2.21. The fraction of sp³-hybridized carbons (Fsp3) is 0.409. The highest BCUT2D eigenvalue weighted by atomic mass is 32.2. The second kappa shape index (κ2) is 10.2. The fourth-order valence-electron chi connectivity index (χ4n) is 2.60. The third kappa shape index (κ3) is 7.21.